The Morgan fingerprint density at radius 1 is 1.00 bits per heavy atom. The Hall–Kier alpha value is -3.10. The lowest BCUT2D eigenvalue weighted by molar-refractivity contribution is 0.348. The Balaban J connectivity index is 1.93. The molecule has 0 aliphatic carbocycles. The molecule has 0 saturated carbocycles. The summed E-state index contributed by atoms with van der Waals surface area (Å²) in [5, 5.41) is 8.78. The van der Waals surface area contributed by atoms with Gasteiger partial charge in [-0.1, -0.05) is 35.1 Å². The third-order valence-corrected chi connectivity index (χ3v) is 5.67. The van der Waals surface area contributed by atoms with Gasteiger partial charge in [-0.3, -0.25) is 4.79 Å². The number of halogens is 1. The Bertz CT molecular complexity index is 1320. The Kier molecular flexibility index (Phi) is 5.12. The summed E-state index contributed by atoms with van der Waals surface area (Å²) in [6, 6.07) is 10.7. The molecule has 0 radical (unpaired) electrons. The summed E-state index contributed by atoms with van der Waals surface area (Å²) in [6.07, 6.45) is 1.73. The number of hydrogen-bond acceptors (Lipinski definition) is 7. The summed E-state index contributed by atoms with van der Waals surface area (Å²) in [5.74, 6) is 2.03. The van der Waals surface area contributed by atoms with Gasteiger partial charge in [0.2, 0.25) is 4.96 Å². The fourth-order valence-corrected chi connectivity index (χ4v) is 4.11. The molecule has 29 heavy (non-hydrogen) atoms. The predicted molar refractivity (Wildman–Crippen MR) is 112 cm³/mol. The minimum atomic E-state index is -0.234. The van der Waals surface area contributed by atoms with Crippen LogP contribution in [0.15, 0.2) is 41.2 Å². The van der Waals surface area contributed by atoms with Crippen molar-refractivity contribution in [3.05, 3.63) is 61.9 Å². The van der Waals surface area contributed by atoms with Crippen molar-refractivity contribution in [2.45, 2.75) is 0 Å². The topological polar surface area (TPSA) is 74.9 Å². The number of fused-ring (bicyclic) bond motifs is 1. The molecule has 0 bridgehead atoms. The molecule has 0 atom stereocenters. The van der Waals surface area contributed by atoms with Gasteiger partial charge in [0.1, 0.15) is 5.75 Å². The summed E-state index contributed by atoms with van der Waals surface area (Å²) >= 11 is 7.51. The van der Waals surface area contributed by atoms with Crippen LogP contribution in [0, 0.1) is 0 Å². The minimum Gasteiger partial charge on any atom is -0.496 e. The van der Waals surface area contributed by atoms with Gasteiger partial charge in [-0.15, -0.1) is 10.2 Å². The second-order valence-electron chi connectivity index (χ2n) is 5.99. The van der Waals surface area contributed by atoms with E-state index in [9.17, 15) is 4.79 Å². The van der Waals surface area contributed by atoms with E-state index in [4.69, 9.17) is 25.8 Å². The first-order valence-corrected chi connectivity index (χ1v) is 9.71. The van der Waals surface area contributed by atoms with Crippen LogP contribution >= 0.6 is 22.9 Å². The van der Waals surface area contributed by atoms with Crippen LogP contribution in [0.25, 0.3) is 22.4 Å². The summed E-state index contributed by atoms with van der Waals surface area (Å²) in [6.45, 7) is 0. The van der Waals surface area contributed by atoms with Crippen molar-refractivity contribution >= 4 is 34.0 Å². The van der Waals surface area contributed by atoms with Crippen molar-refractivity contribution in [1.29, 1.82) is 0 Å². The maximum absolute atomic E-state index is 13.1. The second-order valence-corrected chi connectivity index (χ2v) is 7.40. The summed E-state index contributed by atoms with van der Waals surface area (Å²) < 4.78 is 18.1. The SMILES string of the molecule is COc1cc(OC)c(OC)cc1C=c1sc2nnc(-c3ccccc3Cl)n2c1=O. The van der Waals surface area contributed by atoms with Gasteiger partial charge in [0, 0.05) is 17.2 Å². The number of ether oxygens (including phenoxy) is 3. The van der Waals surface area contributed by atoms with Crippen LogP contribution in [0.1, 0.15) is 5.56 Å². The van der Waals surface area contributed by atoms with Gasteiger partial charge in [-0.05, 0) is 24.3 Å². The molecule has 2 aromatic carbocycles. The van der Waals surface area contributed by atoms with Crippen molar-refractivity contribution in [2.24, 2.45) is 0 Å². The maximum atomic E-state index is 13.1. The molecule has 0 fully saturated rings. The first-order chi connectivity index (χ1) is 14.1. The van der Waals surface area contributed by atoms with Gasteiger partial charge in [-0.25, -0.2) is 4.40 Å². The fraction of sp³-hybridized carbons (Fsp3) is 0.150. The molecule has 4 aromatic rings. The van der Waals surface area contributed by atoms with E-state index in [0.29, 0.717) is 48.7 Å². The molecule has 4 rings (SSSR count). The minimum absolute atomic E-state index is 0.234. The van der Waals surface area contributed by atoms with Crippen LogP contribution in [0.4, 0.5) is 0 Å². The molecule has 0 N–H and O–H groups in total. The Morgan fingerprint density at radius 3 is 2.38 bits per heavy atom. The Labute approximate surface area is 174 Å². The second kappa shape index (κ2) is 7.73. The zero-order valence-electron chi connectivity index (χ0n) is 15.8. The van der Waals surface area contributed by atoms with Crippen LogP contribution in [-0.2, 0) is 0 Å². The van der Waals surface area contributed by atoms with E-state index >= 15 is 0 Å². The molecular formula is C20H16ClN3O4S. The van der Waals surface area contributed by atoms with Crippen molar-refractivity contribution in [2.75, 3.05) is 21.3 Å². The molecule has 7 nitrogen and oxygen atoms in total. The first kappa shape index (κ1) is 19.2. The lowest BCUT2D eigenvalue weighted by Crippen LogP contribution is -2.23. The monoisotopic (exact) mass is 429 g/mol. The van der Waals surface area contributed by atoms with E-state index in [2.05, 4.69) is 10.2 Å². The highest BCUT2D eigenvalue weighted by Gasteiger charge is 2.17. The zero-order chi connectivity index (χ0) is 20.5. The van der Waals surface area contributed by atoms with E-state index in [-0.39, 0.29) is 5.56 Å². The third-order valence-electron chi connectivity index (χ3n) is 4.39. The molecule has 2 heterocycles. The molecule has 2 aromatic heterocycles. The van der Waals surface area contributed by atoms with Gasteiger partial charge in [0.25, 0.3) is 5.56 Å². The van der Waals surface area contributed by atoms with E-state index in [1.807, 2.05) is 12.1 Å². The van der Waals surface area contributed by atoms with E-state index in [0.717, 1.165) is 0 Å². The quantitative estimate of drug-likeness (QED) is 0.485. The number of rotatable bonds is 5. The van der Waals surface area contributed by atoms with Crippen molar-refractivity contribution in [3.63, 3.8) is 0 Å². The first-order valence-electron chi connectivity index (χ1n) is 8.52. The molecule has 0 amide bonds. The van der Waals surface area contributed by atoms with Gasteiger partial charge in [-0.2, -0.15) is 0 Å². The number of thiazole rings is 1. The average Bonchev–Trinajstić information content (AvgIpc) is 3.28. The summed E-state index contributed by atoms with van der Waals surface area (Å²) in [7, 11) is 4.65. The highest BCUT2D eigenvalue weighted by molar-refractivity contribution is 7.15. The Morgan fingerprint density at radius 2 is 1.69 bits per heavy atom. The number of benzene rings is 2. The highest BCUT2D eigenvalue weighted by atomic mass is 35.5. The number of hydrogen-bond donors (Lipinski definition) is 0. The molecule has 0 aliphatic heterocycles. The van der Waals surface area contributed by atoms with Crippen LogP contribution < -0.4 is 24.3 Å². The number of nitrogens with zero attached hydrogens (tertiary/aromatic N) is 3. The average molecular weight is 430 g/mol. The van der Waals surface area contributed by atoms with Gasteiger partial charge >= 0.3 is 0 Å². The van der Waals surface area contributed by atoms with Crippen LogP contribution in [-0.4, -0.2) is 35.9 Å². The van der Waals surface area contributed by atoms with Crippen LogP contribution in [0.5, 0.6) is 17.2 Å². The van der Waals surface area contributed by atoms with Crippen molar-refractivity contribution < 1.29 is 14.2 Å². The van der Waals surface area contributed by atoms with Crippen LogP contribution in [0.2, 0.25) is 5.02 Å². The molecule has 0 aliphatic rings. The highest BCUT2D eigenvalue weighted by Crippen LogP contribution is 2.35. The largest absolute Gasteiger partial charge is 0.496 e. The third kappa shape index (κ3) is 3.30. The standard InChI is InChI=1S/C20H16ClN3O4S/c1-26-14-10-16(28-3)15(27-2)8-11(14)9-17-19(25)24-18(22-23-20(24)29-17)12-6-4-5-7-13(12)21/h4-10H,1-3H3. The molecule has 0 saturated heterocycles. The molecule has 148 valence electrons. The molecule has 0 spiro atoms. The lowest BCUT2D eigenvalue weighted by Gasteiger charge is -2.11. The molecule has 9 heteroatoms. The predicted octanol–water partition coefficient (Wildman–Crippen LogP) is 3.04. The van der Waals surface area contributed by atoms with Gasteiger partial charge in [0.05, 0.1) is 30.9 Å². The van der Waals surface area contributed by atoms with Crippen LogP contribution in [0.3, 0.4) is 0 Å². The van der Waals surface area contributed by atoms with Crippen molar-refractivity contribution in [1.82, 2.24) is 14.6 Å². The maximum Gasteiger partial charge on any atom is 0.276 e. The van der Waals surface area contributed by atoms with Gasteiger partial charge in [0.15, 0.2) is 17.3 Å². The van der Waals surface area contributed by atoms with Gasteiger partial charge < -0.3 is 14.2 Å². The zero-order valence-corrected chi connectivity index (χ0v) is 17.4. The summed E-state index contributed by atoms with van der Waals surface area (Å²) in [4.78, 5) is 13.6. The fourth-order valence-electron chi connectivity index (χ4n) is 2.99. The molecule has 0 unspecified atom stereocenters. The number of aromatic nitrogens is 3. The number of methoxy groups -OCH3 is 3. The van der Waals surface area contributed by atoms with Crippen molar-refractivity contribution in [3.8, 4) is 28.6 Å². The van der Waals surface area contributed by atoms with E-state index in [1.54, 1.807) is 51.7 Å². The molecular weight excluding hydrogens is 414 g/mol. The lowest BCUT2D eigenvalue weighted by atomic mass is 10.1. The van der Waals surface area contributed by atoms with E-state index < -0.39 is 0 Å². The normalized spacial score (nSPS) is 11.8. The smallest absolute Gasteiger partial charge is 0.276 e. The van der Waals surface area contributed by atoms with E-state index in [1.165, 1.54) is 15.7 Å². The summed E-state index contributed by atoms with van der Waals surface area (Å²) in [5.41, 5.74) is 1.09.